The number of carbonyl (C=O) groups excluding carboxylic acids is 1. The fourth-order valence-corrected chi connectivity index (χ4v) is 2.47. The zero-order chi connectivity index (χ0) is 18.5. The molecule has 2 aromatic carbocycles. The third-order valence-corrected chi connectivity index (χ3v) is 3.79. The van der Waals surface area contributed by atoms with Crippen molar-refractivity contribution in [2.45, 2.75) is 13.8 Å². The van der Waals surface area contributed by atoms with E-state index < -0.39 is 0 Å². The second kappa shape index (κ2) is 7.45. The third kappa shape index (κ3) is 4.02. The lowest BCUT2D eigenvalue weighted by atomic mass is 10.1. The fourth-order valence-electron chi connectivity index (χ4n) is 2.47. The van der Waals surface area contributed by atoms with Gasteiger partial charge in [0, 0.05) is 11.4 Å². The molecule has 0 aliphatic carbocycles. The van der Waals surface area contributed by atoms with E-state index in [4.69, 9.17) is 5.26 Å². The first-order valence-electron chi connectivity index (χ1n) is 8.05. The SMILES string of the molecule is Cc1ccc(NC(=O)c2ccc(Nc3cccc(C#N)c3)nn2)c(C)c1. The number of nitrogens with one attached hydrogen (secondary N) is 2. The van der Waals surface area contributed by atoms with Crippen molar-refractivity contribution in [1.29, 1.82) is 5.26 Å². The summed E-state index contributed by atoms with van der Waals surface area (Å²) in [5, 5.41) is 22.8. The molecule has 6 heteroatoms. The highest BCUT2D eigenvalue weighted by Crippen LogP contribution is 2.18. The Hall–Kier alpha value is -3.72. The van der Waals surface area contributed by atoms with Crippen LogP contribution in [0.1, 0.15) is 27.2 Å². The van der Waals surface area contributed by atoms with Gasteiger partial charge in [-0.2, -0.15) is 5.26 Å². The number of hydrogen-bond donors (Lipinski definition) is 2. The third-order valence-electron chi connectivity index (χ3n) is 3.79. The molecule has 0 fully saturated rings. The van der Waals surface area contributed by atoms with E-state index in [1.54, 1.807) is 30.3 Å². The molecule has 0 saturated carbocycles. The van der Waals surface area contributed by atoms with Gasteiger partial charge in [0.25, 0.3) is 5.91 Å². The van der Waals surface area contributed by atoms with E-state index in [2.05, 4.69) is 26.9 Å². The van der Waals surface area contributed by atoms with Crippen LogP contribution in [0.2, 0.25) is 0 Å². The average molecular weight is 343 g/mol. The van der Waals surface area contributed by atoms with Crippen LogP contribution in [-0.2, 0) is 0 Å². The Balaban J connectivity index is 1.70. The van der Waals surface area contributed by atoms with Crippen molar-refractivity contribution >= 4 is 23.1 Å². The minimum absolute atomic E-state index is 0.223. The van der Waals surface area contributed by atoms with Crippen LogP contribution >= 0.6 is 0 Å². The van der Waals surface area contributed by atoms with Gasteiger partial charge >= 0.3 is 0 Å². The van der Waals surface area contributed by atoms with E-state index in [0.717, 1.165) is 22.5 Å². The second-order valence-corrected chi connectivity index (χ2v) is 5.89. The van der Waals surface area contributed by atoms with Crippen molar-refractivity contribution in [3.05, 3.63) is 77.0 Å². The number of aromatic nitrogens is 2. The molecule has 3 aromatic rings. The standard InChI is InChI=1S/C20H17N5O/c1-13-6-7-17(14(2)10-13)23-20(26)18-8-9-19(25-24-18)22-16-5-3-4-15(11-16)12-21/h3-11H,1-2H3,(H,22,25)(H,23,26). The molecule has 6 nitrogen and oxygen atoms in total. The van der Waals surface area contributed by atoms with Gasteiger partial charge in [-0.05, 0) is 55.8 Å². The maximum Gasteiger partial charge on any atom is 0.276 e. The lowest BCUT2D eigenvalue weighted by Gasteiger charge is -2.09. The molecule has 3 rings (SSSR count). The number of nitriles is 1. The van der Waals surface area contributed by atoms with Gasteiger partial charge in [0.1, 0.15) is 0 Å². The van der Waals surface area contributed by atoms with E-state index in [1.807, 2.05) is 38.1 Å². The van der Waals surface area contributed by atoms with Crippen molar-refractivity contribution in [3.8, 4) is 6.07 Å². The summed E-state index contributed by atoms with van der Waals surface area (Å²) in [6.07, 6.45) is 0. The van der Waals surface area contributed by atoms with Crippen LogP contribution in [0, 0.1) is 25.2 Å². The first-order valence-corrected chi connectivity index (χ1v) is 8.05. The zero-order valence-corrected chi connectivity index (χ0v) is 14.4. The van der Waals surface area contributed by atoms with Gasteiger partial charge < -0.3 is 10.6 Å². The van der Waals surface area contributed by atoms with Crippen LogP contribution in [0.4, 0.5) is 17.2 Å². The summed E-state index contributed by atoms with van der Waals surface area (Å²) < 4.78 is 0. The van der Waals surface area contributed by atoms with Crippen LogP contribution in [-0.4, -0.2) is 16.1 Å². The summed E-state index contributed by atoms with van der Waals surface area (Å²) in [6.45, 7) is 3.94. The molecule has 0 bridgehead atoms. The van der Waals surface area contributed by atoms with Crippen LogP contribution < -0.4 is 10.6 Å². The van der Waals surface area contributed by atoms with Crippen molar-refractivity contribution in [2.24, 2.45) is 0 Å². The Morgan fingerprint density at radius 3 is 2.58 bits per heavy atom. The Kier molecular flexibility index (Phi) is 4.90. The predicted octanol–water partition coefficient (Wildman–Crippen LogP) is 3.96. The molecule has 1 amide bonds. The molecule has 0 unspecified atom stereocenters. The van der Waals surface area contributed by atoms with Crippen molar-refractivity contribution in [2.75, 3.05) is 10.6 Å². The van der Waals surface area contributed by atoms with Gasteiger partial charge in [-0.1, -0.05) is 23.8 Å². The van der Waals surface area contributed by atoms with Crippen LogP contribution in [0.5, 0.6) is 0 Å². The molecule has 0 spiro atoms. The highest BCUT2D eigenvalue weighted by atomic mass is 16.1. The van der Waals surface area contributed by atoms with E-state index in [-0.39, 0.29) is 11.6 Å². The largest absolute Gasteiger partial charge is 0.339 e. The maximum absolute atomic E-state index is 12.3. The lowest BCUT2D eigenvalue weighted by molar-refractivity contribution is 0.102. The van der Waals surface area contributed by atoms with Gasteiger partial charge in [-0.3, -0.25) is 4.79 Å². The first-order chi connectivity index (χ1) is 12.5. The van der Waals surface area contributed by atoms with E-state index >= 15 is 0 Å². The molecule has 0 radical (unpaired) electrons. The highest BCUT2D eigenvalue weighted by molar-refractivity contribution is 6.03. The Labute approximate surface area is 151 Å². The summed E-state index contributed by atoms with van der Waals surface area (Å²) in [5.74, 6) is 0.172. The molecule has 128 valence electrons. The zero-order valence-electron chi connectivity index (χ0n) is 14.4. The molecule has 0 saturated heterocycles. The number of benzene rings is 2. The quantitative estimate of drug-likeness (QED) is 0.748. The molecule has 2 N–H and O–H groups in total. The monoisotopic (exact) mass is 343 g/mol. The van der Waals surface area contributed by atoms with Crippen LogP contribution in [0.15, 0.2) is 54.6 Å². The molecule has 0 aliphatic rings. The Morgan fingerprint density at radius 1 is 1.04 bits per heavy atom. The van der Waals surface area contributed by atoms with Crippen molar-refractivity contribution < 1.29 is 4.79 Å². The van der Waals surface area contributed by atoms with Gasteiger partial charge in [0.15, 0.2) is 11.5 Å². The molecule has 26 heavy (non-hydrogen) atoms. The predicted molar refractivity (Wildman–Crippen MR) is 100 cm³/mol. The van der Waals surface area contributed by atoms with Crippen LogP contribution in [0.3, 0.4) is 0 Å². The van der Waals surface area contributed by atoms with Gasteiger partial charge in [-0.15, -0.1) is 10.2 Å². The fraction of sp³-hybridized carbons (Fsp3) is 0.100. The number of carbonyl (C=O) groups is 1. The smallest absolute Gasteiger partial charge is 0.276 e. The number of amides is 1. The summed E-state index contributed by atoms with van der Waals surface area (Å²) in [4.78, 5) is 12.3. The topological polar surface area (TPSA) is 90.7 Å². The minimum atomic E-state index is -0.317. The highest BCUT2D eigenvalue weighted by Gasteiger charge is 2.10. The van der Waals surface area contributed by atoms with Gasteiger partial charge in [-0.25, -0.2) is 0 Å². The first kappa shape index (κ1) is 17.1. The maximum atomic E-state index is 12.3. The lowest BCUT2D eigenvalue weighted by Crippen LogP contribution is -2.15. The van der Waals surface area contributed by atoms with E-state index in [0.29, 0.717) is 11.4 Å². The van der Waals surface area contributed by atoms with Crippen LogP contribution in [0.25, 0.3) is 0 Å². The molecule has 1 heterocycles. The number of aryl methyl sites for hydroxylation is 2. The summed E-state index contributed by atoms with van der Waals surface area (Å²) in [5.41, 5.74) is 4.37. The minimum Gasteiger partial charge on any atom is -0.339 e. The molecule has 0 aliphatic heterocycles. The number of rotatable bonds is 4. The number of nitrogens with zero attached hydrogens (tertiary/aromatic N) is 3. The number of hydrogen-bond acceptors (Lipinski definition) is 5. The van der Waals surface area contributed by atoms with Gasteiger partial charge in [0.05, 0.1) is 11.6 Å². The van der Waals surface area contributed by atoms with E-state index in [1.165, 1.54) is 0 Å². The Bertz CT molecular complexity index is 990. The Morgan fingerprint density at radius 2 is 1.88 bits per heavy atom. The van der Waals surface area contributed by atoms with Gasteiger partial charge in [0.2, 0.25) is 0 Å². The molecule has 0 atom stereocenters. The van der Waals surface area contributed by atoms with E-state index in [9.17, 15) is 4.79 Å². The summed E-state index contributed by atoms with van der Waals surface area (Å²) in [7, 11) is 0. The molecule has 1 aromatic heterocycles. The molecular formula is C20H17N5O. The normalized spacial score (nSPS) is 10.0. The number of anilines is 3. The summed E-state index contributed by atoms with van der Waals surface area (Å²) in [6, 6.07) is 18.2. The van der Waals surface area contributed by atoms with Crippen molar-refractivity contribution in [1.82, 2.24) is 10.2 Å². The second-order valence-electron chi connectivity index (χ2n) is 5.89. The average Bonchev–Trinajstić information content (AvgIpc) is 2.64. The molecular weight excluding hydrogens is 326 g/mol. The summed E-state index contributed by atoms with van der Waals surface area (Å²) >= 11 is 0. The van der Waals surface area contributed by atoms with Crippen molar-refractivity contribution in [3.63, 3.8) is 0 Å².